The van der Waals surface area contributed by atoms with Crippen molar-refractivity contribution in [1.82, 2.24) is 25.2 Å². The normalized spacial score (nSPS) is 11.4. The average Bonchev–Trinajstić information content (AvgIpc) is 3.19. The molecule has 0 fully saturated rings. The molecule has 0 bridgehead atoms. The fourth-order valence-electron chi connectivity index (χ4n) is 2.58. The highest BCUT2D eigenvalue weighted by Crippen LogP contribution is 2.32. The summed E-state index contributed by atoms with van der Waals surface area (Å²) in [5.74, 6) is 0.884. The number of pyridine rings is 1. The van der Waals surface area contributed by atoms with Gasteiger partial charge >= 0.3 is 6.18 Å². The number of tetrazole rings is 1. The fourth-order valence-corrected chi connectivity index (χ4v) is 2.58. The molecule has 6 nitrogen and oxygen atoms in total. The van der Waals surface area contributed by atoms with E-state index in [1.807, 2.05) is 12.1 Å². The van der Waals surface area contributed by atoms with Crippen LogP contribution in [0.2, 0.25) is 0 Å². The maximum Gasteiger partial charge on any atom is 0.416 e. The average molecular weight is 382 g/mol. The van der Waals surface area contributed by atoms with E-state index in [2.05, 4.69) is 25.7 Å². The smallest absolute Gasteiger partial charge is 0.355 e. The summed E-state index contributed by atoms with van der Waals surface area (Å²) in [6.45, 7) is 0. The SMILES string of the molecule is FC(F)(F)c1ccc(Nc2ccccc2-c2nnn(-c3ccccn3)n2)cc1. The minimum atomic E-state index is -4.37. The van der Waals surface area contributed by atoms with E-state index in [1.165, 1.54) is 16.9 Å². The van der Waals surface area contributed by atoms with E-state index in [0.29, 0.717) is 28.6 Å². The van der Waals surface area contributed by atoms with Crippen molar-refractivity contribution in [2.75, 3.05) is 5.32 Å². The maximum atomic E-state index is 12.7. The van der Waals surface area contributed by atoms with Crippen molar-refractivity contribution in [3.8, 4) is 17.2 Å². The summed E-state index contributed by atoms with van der Waals surface area (Å²) in [4.78, 5) is 5.47. The molecule has 9 heteroatoms. The Balaban J connectivity index is 1.62. The summed E-state index contributed by atoms with van der Waals surface area (Å²) in [6, 6.07) is 17.3. The molecule has 1 N–H and O–H groups in total. The lowest BCUT2D eigenvalue weighted by molar-refractivity contribution is -0.137. The molecule has 0 aliphatic rings. The van der Waals surface area contributed by atoms with Gasteiger partial charge in [0.25, 0.3) is 0 Å². The third-order valence-corrected chi connectivity index (χ3v) is 3.93. The zero-order valence-corrected chi connectivity index (χ0v) is 14.3. The Morgan fingerprint density at radius 2 is 1.61 bits per heavy atom. The van der Waals surface area contributed by atoms with Crippen LogP contribution in [0.15, 0.2) is 72.9 Å². The van der Waals surface area contributed by atoms with Crippen LogP contribution >= 0.6 is 0 Å². The van der Waals surface area contributed by atoms with Crippen molar-refractivity contribution in [2.24, 2.45) is 0 Å². The molecule has 28 heavy (non-hydrogen) atoms. The first-order chi connectivity index (χ1) is 13.5. The van der Waals surface area contributed by atoms with Crippen LogP contribution in [0.3, 0.4) is 0 Å². The predicted octanol–water partition coefficient (Wildman–Crippen LogP) is 4.49. The molecule has 4 rings (SSSR count). The first kappa shape index (κ1) is 17.7. The monoisotopic (exact) mass is 382 g/mol. The van der Waals surface area contributed by atoms with Crippen molar-refractivity contribution >= 4 is 11.4 Å². The van der Waals surface area contributed by atoms with E-state index >= 15 is 0 Å². The Bertz CT molecular complexity index is 1070. The summed E-state index contributed by atoms with van der Waals surface area (Å²) < 4.78 is 38.2. The van der Waals surface area contributed by atoms with Crippen LogP contribution in [-0.2, 0) is 6.18 Å². The number of halogens is 3. The summed E-state index contributed by atoms with van der Waals surface area (Å²) in [7, 11) is 0. The number of hydrogen-bond donors (Lipinski definition) is 1. The van der Waals surface area contributed by atoms with Gasteiger partial charge in [-0.05, 0) is 53.7 Å². The number of hydrogen-bond acceptors (Lipinski definition) is 5. The highest BCUT2D eigenvalue weighted by molar-refractivity contribution is 5.77. The van der Waals surface area contributed by atoms with Crippen LogP contribution in [0.1, 0.15) is 5.56 Å². The minimum absolute atomic E-state index is 0.362. The van der Waals surface area contributed by atoms with Crippen LogP contribution in [0.25, 0.3) is 17.2 Å². The predicted molar refractivity (Wildman–Crippen MR) is 97.1 cm³/mol. The number of para-hydroxylation sites is 1. The second-order valence-corrected chi connectivity index (χ2v) is 5.84. The van der Waals surface area contributed by atoms with Gasteiger partial charge in [0, 0.05) is 23.1 Å². The van der Waals surface area contributed by atoms with Gasteiger partial charge in [0.1, 0.15) is 0 Å². The second-order valence-electron chi connectivity index (χ2n) is 5.84. The number of nitrogens with one attached hydrogen (secondary N) is 1. The Kier molecular flexibility index (Phi) is 4.48. The first-order valence-corrected chi connectivity index (χ1v) is 8.26. The Morgan fingerprint density at radius 1 is 0.857 bits per heavy atom. The van der Waals surface area contributed by atoms with Gasteiger partial charge in [0.2, 0.25) is 5.82 Å². The third kappa shape index (κ3) is 3.68. The lowest BCUT2D eigenvalue weighted by Crippen LogP contribution is -2.04. The molecule has 0 unspecified atom stereocenters. The molecule has 0 saturated heterocycles. The molecular formula is C19H13F3N6. The van der Waals surface area contributed by atoms with Crippen molar-refractivity contribution < 1.29 is 13.2 Å². The number of rotatable bonds is 4. The Labute approximate surface area is 157 Å². The number of alkyl halides is 3. The standard InChI is InChI=1S/C19H13F3N6/c20-19(21,22)13-8-10-14(11-9-13)24-16-6-2-1-5-15(16)18-25-27-28(26-18)17-7-3-4-12-23-17/h1-12,24H. The fraction of sp³-hybridized carbons (Fsp3) is 0.0526. The molecule has 0 saturated carbocycles. The summed E-state index contributed by atoms with van der Waals surface area (Å²) in [6.07, 6.45) is -2.75. The third-order valence-electron chi connectivity index (χ3n) is 3.93. The van der Waals surface area contributed by atoms with Gasteiger partial charge in [-0.2, -0.15) is 13.2 Å². The van der Waals surface area contributed by atoms with Crippen LogP contribution in [0.5, 0.6) is 0 Å². The van der Waals surface area contributed by atoms with Gasteiger partial charge in [-0.25, -0.2) is 4.98 Å². The van der Waals surface area contributed by atoms with Crippen LogP contribution in [0, 0.1) is 0 Å². The molecule has 0 radical (unpaired) electrons. The summed E-state index contributed by atoms with van der Waals surface area (Å²) >= 11 is 0. The van der Waals surface area contributed by atoms with Crippen molar-refractivity contribution in [2.45, 2.75) is 6.18 Å². The quantitative estimate of drug-likeness (QED) is 0.563. The van der Waals surface area contributed by atoms with E-state index < -0.39 is 11.7 Å². The van der Waals surface area contributed by atoms with Crippen molar-refractivity contribution in [1.29, 1.82) is 0 Å². The summed E-state index contributed by atoms with van der Waals surface area (Å²) in [5.41, 5.74) is 1.11. The second kappa shape index (κ2) is 7.10. The molecule has 140 valence electrons. The molecule has 0 amide bonds. The molecular weight excluding hydrogens is 369 g/mol. The largest absolute Gasteiger partial charge is 0.416 e. The molecule has 0 aliphatic heterocycles. The Hall–Kier alpha value is -3.75. The number of benzene rings is 2. The lowest BCUT2D eigenvalue weighted by atomic mass is 10.1. The molecule has 0 spiro atoms. The number of aromatic nitrogens is 5. The first-order valence-electron chi connectivity index (χ1n) is 8.26. The molecule has 0 atom stereocenters. The Morgan fingerprint density at radius 3 is 2.32 bits per heavy atom. The van der Waals surface area contributed by atoms with E-state index in [-0.39, 0.29) is 0 Å². The van der Waals surface area contributed by atoms with Crippen molar-refractivity contribution in [3.63, 3.8) is 0 Å². The van der Waals surface area contributed by atoms with E-state index in [9.17, 15) is 13.2 Å². The lowest BCUT2D eigenvalue weighted by Gasteiger charge is -2.11. The van der Waals surface area contributed by atoms with E-state index in [4.69, 9.17) is 0 Å². The van der Waals surface area contributed by atoms with Crippen LogP contribution in [-0.4, -0.2) is 25.2 Å². The van der Waals surface area contributed by atoms with Gasteiger partial charge < -0.3 is 5.32 Å². The highest BCUT2D eigenvalue weighted by Gasteiger charge is 2.29. The van der Waals surface area contributed by atoms with Crippen molar-refractivity contribution in [3.05, 3.63) is 78.5 Å². The molecule has 2 heterocycles. The highest BCUT2D eigenvalue weighted by atomic mass is 19.4. The molecule has 4 aromatic rings. The minimum Gasteiger partial charge on any atom is -0.355 e. The maximum absolute atomic E-state index is 12.7. The van der Waals surface area contributed by atoms with Gasteiger partial charge in [0.05, 0.1) is 5.56 Å². The van der Waals surface area contributed by atoms with E-state index in [0.717, 1.165) is 12.1 Å². The molecule has 2 aromatic carbocycles. The molecule has 2 aromatic heterocycles. The van der Waals surface area contributed by atoms with Gasteiger partial charge in [0.15, 0.2) is 5.82 Å². The number of nitrogens with zero attached hydrogens (tertiary/aromatic N) is 5. The van der Waals surface area contributed by atoms with Crippen LogP contribution in [0.4, 0.5) is 24.5 Å². The zero-order chi connectivity index (χ0) is 19.6. The summed E-state index contributed by atoms with van der Waals surface area (Å²) in [5, 5.41) is 15.5. The van der Waals surface area contributed by atoms with Gasteiger partial charge in [-0.1, -0.05) is 18.2 Å². The number of anilines is 2. The topological polar surface area (TPSA) is 68.5 Å². The van der Waals surface area contributed by atoms with E-state index in [1.54, 1.807) is 36.5 Å². The molecule has 0 aliphatic carbocycles. The zero-order valence-electron chi connectivity index (χ0n) is 14.3. The van der Waals surface area contributed by atoms with Gasteiger partial charge in [-0.15, -0.1) is 15.0 Å². The van der Waals surface area contributed by atoms with Crippen LogP contribution < -0.4 is 5.32 Å². The van der Waals surface area contributed by atoms with Gasteiger partial charge in [-0.3, -0.25) is 0 Å².